The summed E-state index contributed by atoms with van der Waals surface area (Å²) in [6.07, 6.45) is 3.16. The summed E-state index contributed by atoms with van der Waals surface area (Å²) in [6.45, 7) is 0. The average Bonchev–Trinajstić information content (AvgIpc) is 3.11. The molecule has 0 unspecified atom stereocenters. The zero-order valence-electron chi connectivity index (χ0n) is 14.4. The largest absolute Gasteiger partial charge is 0.361 e. The molecule has 1 heterocycles. The number of anilines is 1. The predicted molar refractivity (Wildman–Crippen MR) is 107 cm³/mol. The number of hydrogen-bond acceptors (Lipinski definition) is 1. The molecule has 3 aromatic carbocycles. The van der Waals surface area contributed by atoms with E-state index >= 15 is 0 Å². The maximum atomic E-state index is 12.5. The minimum atomic E-state index is 0.0265. The number of rotatable bonds is 5. The van der Waals surface area contributed by atoms with Crippen molar-refractivity contribution in [2.24, 2.45) is 0 Å². The number of para-hydroxylation sites is 2. The molecule has 1 aromatic heterocycles. The molecule has 0 aliphatic rings. The quantitative estimate of drug-likeness (QED) is 0.501. The molecule has 2 N–H and O–H groups in total. The van der Waals surface area contributed by atoms with Crippen molar-refractivity contribution in [3.63, 3.8) is 0 Å². The van der Waals surface area contributed by atoms with Crippen LogP contribution in [0.2, 0.25) is 0 Å². The van der Waals surface area contributed by atoms with Crippen molar-refractivity contribution in [1.29, 1.82) is 0 Å². The highest BCUT2D eigenvalue weighted by molar-refractivity contribution is 5.96. The molecule has 0 saturated heterocycles. The van der Waals surface area contributed by atoms with Gasteiger partial charge in [-0.15, -0.1) is 0 Å². The van der Waals surface area contributed by atoms with E-state index in [1.807, 2.05) is 60.8 Å². The van der Waals surface area contributed by atoms with Crippen LogP contribution in [0.15, 0.2) is 85.1 Å². The first kappa shape index (κ1) is 16.2. The number of H-pyrrole nitrogens is 1. The lowest BCUT2D eigenvalue weighted by Gasteiger charge is -2.11. The summed E-state index contributed by atoms with van der Waals surface area (Å²) in [7, 11) is 0. The normalized spacial score (nSPS) is 10.8. The Bertz CT molecular complexity index is 1030. The van der Waals surface area contributed by atoms with Crippen molar-refractivity contribution in [3.8, 4) is 11.1 Å². The molecule has 26 heavy (non-hydrogen) atoms. The third-order valence-corrected chi connectivity index (χ3v) is 4.58. The highest BCUT2D eigenvalue weighted by atomic mass is 16.1. The summed E-state index contributed by atoms with van der Waals surface area (Å²) in [5.41, 5.74) is 5.26. The summed E-state index contributed by atoms with van der Waals surface area (Å²) in [6, 6.07) is 26.2. The summed E-state index contributed by atoms with van der Waals surface area (Å²) >= 11 is 0. The van der Waals surface area contributed by atoms with Gasteiger partial charge in [0.25, 0.3) is 0 Å². The molecular weight excluding hydrogens is 320 g/mol. The molecule has 3 heteroatoms. The Labute approximate surface area is 152 Å². The van der Waals surface area contributed by atoms with E-state index in [-0.39, 0.29) is 5.91 Å². The van der Waals surface area contributed by atoms with E-state index in [1.165, 1.54) is 10.9 Å². The van der Waals surface area contributed by atoms with Gasteiger partial charge in [-0.3, -0.25) is 4.79 Å². The third-order valence-electron chi connectivity index (χ3n) is 4.58. The first-order valence-corrected chi connectivity index (χ1v) is 8.80. The van der Waals surface area contributed by atoms with Gasteiger partial charge in [-0.2, -0.15) is 0 Å². The number of aryl methyl sites for hydroxylation is 1. The molecule has 0 fully saturated rings. The van der Waals surface area contributed by atoms with Crippen LogP contribution in [0.25, 0.3) is 22.0 Å². The number of fused-ring (bicyclic) bond motifs is 1. The highest BCUT2D eigenvalue weighted by Crippen LogP contribution is 2.27. The fourth-order valence-corrected chi connectivity index (χ4v) is 3.26. The molecule has 1 amide bonds. The molecule has 0 aliphatic carbocycles. The maximum absolute atomic E-state index is 12.5. The zero-order chi connectivity index (χ0) is 17.8. The van der Waals surface area contributed by atoms with E-state index in [0.717, 1.165) is 22.3 Å². The fourth-order valence-electron chi connectivity index (χ4n) is 3.26. The number of hydrogen-bond donors (Lipinski definition) is 2. The van der Waals surface area contributed by atoms with Crippen molar-refractivity contribution in [1.82, 2.24) is 4.98 Å². The monoisotopic (exact) mass is 340 g/mol. The van der Waals surface area contributed by atoms with Gasteiger partial charge in [-0.05, 0) is 29.7 Å². The van der Waals surface area contributed by atoms with Gasteiger partial charge in [0, 0.05) is 34.8 Å². The van der Waals surface area contributed by atoms with Crippen LogP contribution in [-0.2, 0) is 11.2 Å². The Morgan fingerprint density at radius 1 is 0.846 bits per heavy atom. The number of benzene rings is 3. The molecule has 0 saturated carbocycles. The van der Waals surface area contributed by atoms with Gasteiger partial charge >= 0.3 is 0 Å². The lowest BCUT2D eigenvalue weighted by Crippen LogP contribution is -2.13. The lowest BCUT2D eigenvalue weighted by molar-refractivity contribution is -0.116. The van der Waals surface area contributed by atoms with Gasteiger partial charge in [-0.1, -0.05) is 66.7 Å². The van der Waals surface area contributed by atoms with Crippen LogP contribution < -0.4 is 5.32 Å². The van der Waals surface area contributed by atoms with Crippen molar-refractivity contribution in [2.45, 2.75) is 12.8 Å². The van der Waals surface area contributed by atoms with Crippen LogP contribution in [0.5, 0.6) is 0 Å². The second-order valence-corrected chi connectivity index (χ2v) is 6.32. The number of carbonyl (C=O) groups excluding carboxylic acids is 1. The molecule has 0 aliphatic heterocycles. The lowest BCUT2D eigenvalue weighted by atomic mass is 10.0. The molecule has 3 nitrogen and oxygen atoms in total. The second kappa shape index (κ2) is 7.28. The summed E-state index contributed by atoms with van der Waals surface area (Å²) in [4.78, 5) is 15.8. The molecule has 128 valence electrons. The van der Waals surface area contributed by atoms with E-state index in [1.54, 1.807) is 0 Å². The predicted octanol–water partition coefficient (Wildman–Crippen LogP) is 5.41. The highest BCUT2D eigenvalue weighted by Gasteiger charge is 2.10. The SMILES string of the molecule is O=C(CCc1c[nH]c2ccccc12)Nc1ccccc1-c1ccccc1. The summed E-state index contributed by atoms with van der Waals surface area (Å²) in [5.74, 6) is 0.0265. The number of aromatic amines is 1. The molecule has 0 bridgehead atoms. The van der Waals surface area contributed by atoms with E-state index in [4.69, 9.17) is 0 Å². The van der Waals surface area contributed by atoms with E-state index in [9.17, 15) is 4.79 Å². The standard InChI is InChI=1S/C23H20N2O/c26-23(15-14-18-16-24-21-12-6-4-11-20(18)21)25-22-13-7-5-10-19(22)17-8-2-1-3-9-17/h1-13,16,24H,14-15H2,(H,25,26). The van der Waals surface area contributed by atoms with Crippen molar-refractivity contribution >= 4 is 22.5 Å². The molecule has 4 rings (SSSR count). The van der Waals surface area contributed by atoms with Crippen LogP contribution in [0.3, 0.4) is 0 Å². The molecule has 0 radical (unpaired) electrons. The van der Waals surface area contributed by atoms with Crippen LogP contribution in [0, 0.1) is 0 Å². The van der Waals surface area contributed by atoms with Crippen molar-refractivity contribution in [2.75, 3.05) is 5.32 Å². The Balaban J connectivity index is 1.47. The van der Waals surface area contributed by atoms with Gasteiger partial charge in [0.05, 0.1) is 0 Å². The van der Waals surface area contributed by atoms with Crippen LogP contribution in [-0.4, -0.2) is 10.9 Å². The van der Waals surface area contributed by atoms with Crippen LogP contribution in [0.4, 0.5) is 5.69 Å². The van der Waals surface area contributed by atoms with Crippen molar-refractivity contribution in [3.05, 3.63) is 90.6 Å². The first-order valence-electron chi connectivity index (χ1n) is 8.80. The number of nitrogens with one attached hydrogen (secondary N) is 2. The number of aromatic nitrogens is 1. The average molecular weight is 340 g/mol. The van der Waals surface area contributed by atoms with Gasteiger partial charge in [-0.25, -0.2) is 0 Å². The number of carbonyl (C=O) groups is 1. The maximum Gasteiger partial charge on any atom is 0.224 e. The molecule has 0 spiro atoms. The fraction of sp³-hybridized carbons (Fsp3) is 0.0870. The molecule has 4 aromatic rings. The van der Waals surface area contributed by atoms with Crippen LogP contribution >= 0.6 is 0 Å². The van der Waals surface area contributed by atoms with Gasteiger partial charge < -0.3 is 10.3 Å². The third kappa shape index (κ3) is 3.38. The minimum absolute atomic E-state index is 0.0265. The molecule has 0 atom stereocenters. The van der Waals surface area contributed by atoms with Gasteiger partial charge in [0.15, 0.2) is 0 Å². The first-order chi connectivity index (χ1) is 12.8. The summed E-state index contributed by atoms with van der Waals surface area (Å²) in [5, 5.41) is 4.26. The number of amides is 1. The van der Waals surface area contributed by atoms with E-state index < -0.39 is 0 Å². The Hall–Kier alpha value is -3.33. The Morgan fingerprint density at radius 2 is 1.58 bits per heavy atom. The van der Waals surface area contributed by atoms with Crippen molar-refractivity contribution < 1.29 is 4.79 Å². The van der Waals surface area contributed by atoms with E-state index in [2.05, 4.69) is 34.6 Å². The summed E-state index contributed by atoms with van der Waals surface area (Å²) < 4.78 is 0. The Morgan fingerprint density at radius 3 is 2.46 bits per heavy atom. The Kier molecular flexibility index (Phi) is 4.52. The topological polar surface area (TPSA) is 44.9 Å². The van der Waals surface area contributed by atoms with Crippen LogP contribution in [0.1, 0.15) is 12.0 Å². The van der Waals surface area contributed by atoms with Gasteiger partial charge in [0.1, 0.15) is 0 Å². The zero-order valence-corrected chi connectivity index (χ0v) is 14.4. The minimum Gasteiger partial charge on any atom is -0.361 e. The smallest absolute Gasteiger partial charge is 0.224 e. The molecular formula is C23H20N2O. The van der Waals surface area contributed by atoms with E-state index in [0.29, 0.717) is 12.8 Å². The second-order valence-electron chi connectivity index (χ2n) is 6.32. The van der Waals surface area contributed by atoms with Gasteiger partial charge in [0.2, 0.25) is 5.91 Å².